The first-order valence-electron chi connectivity index (χ1n) is 9.29. The van der Waals surface area contributed by atoms with E-state index in [-0.39, 0.29) is 36.4 Å². The van der Waals surface area contributed by atoms with Crippen molar-refractivity contribution in [2.75, 3.05) is 39.3 Å². The van der Waals surface area contributed by atoms with Crippen molar-refractivity contribution in [3.05, 3.63) is 29.8 Å². The Balaban J connectivity index is 0.00000261. The number of carbonyl (C=O) groups is 2. The third-order valence-corrected chi connectivity index (χ3v) is 4.94. The molecule has 2 fully saturated rings. The van der Waals surface area contributed by atoms with Crippen LogP contribution in [0.15, 0.2) is 24.3 Å². The Morgan fingerprint density at radius 2 is 1.81 bits per heavy atom. The Morgan fingerprint density at radius 1 is 1.15 bits per heavy atom. The fraction of sp³-hybridized carbons (Fsp3) is 0.579. The van der Waals surface area contributed by atoms with Gasteiger partial charge in [-0.25, -0.2) is 0 Å². The lowest BCUT2D eigenvalue weighted by molar-refractivity contribution is -0.144. The Kier molecular flexibility index (Phi) is 7.89. The van der Waals surface area contributed by atoms with Crippen LogP contribution in [-0.2, 0) is 9.53 Å². The highest BCUT2D eigenvalue weighted by Crippen LogP contribution is 2.23. The van der Waals surface area contributed by atoms with Crippen LogP contribution in [-0.4, -0.2) is 73.2 Å². The molecule has 150 valence electrons. The second-order valence-electron chi connectivity index (χ2n) is 6.61. The summed E-state index contributed by atoms with van der Waals surface area (Å²) in [6.07, 6.45) is 1.16. The highest BCUT2D eigenvalue weighted by molar-refractivity contribution is 5.97. The molecule has 0 saturated carbocycles. The van der Waals surface area contributed by atoms with Crippen LogP contribution in [0.25, 0.3) is 0 Å². The van der Waals surface area contributed by atoms with E-state index in [0.717, 1.165) is 12.8 Å². The summed E-state index contributed by atoms with van der Waals surface area (Å²) in [5.74, 6) is 0.565. The maximum Gasteiger partial charge on any atom is 0.257 e. The van der Waals surface area contributed by atoms with Crippen LogP contribution in [0.5, 0.6) is 5.75 Å². The second-order valence-corrected chi connectivity index (χ2v) is 6.61. The van der Waals surface area contributed by atoms with E-state index in [0.29, 0.717) is 50.6 Å². The summed E-state index contributed by atoms with van der Waals surface area (Å²) < 4.78 is 11.3. The van der Waals surface area contributed by atoms with Gasteiger partial charge in [0.05, 0.1) is 18.3 Å². The molecule has 8 heteroatoms. The Labute approximate surface area is 166 Å². The molecule has 27 heavy (non-hydrogen) atoms. The number of ether oxygens (including phenoxy) is 2. The van der Waals surface area contributed by atoms with Crippen LogP contribution >= 0.6 is 12.4 Å². The zero-order chi connectivity index (χ0) is 18.5. The standard InChI is InChI=1S/C19H27N3O4.ClH/c1-2-25-16-6-4-3-5-15(16)18(23)21-9-11-22(12-10-21)19(24)17-8-7-14(13-20)26-17;/h3-6,14,17H,2,7-13,20H2,1H3;1H/t14-,17+;/m1./s1. The largest absolute Gasteiger partial charge is 0.493 e. The molecule has 3 rings (SSSR count). The fourth-order valence-electron chi connectivity index (χ4n) is 3.49. The maximum absolute atomic E-state index is 12.8. The highest BCUT2D eigenvalue weighted by Gasteiger charge is 2.35. The van der Waals surface area contributed by atoms with Gasteiger partial charge in [-0.3, -0.25) is 9.59 Å². The van der Waals surface area contributed by atoms with Crippen molar-refractivity contribution in [1.29, 1.82) is 0 Å². The van der Waals surface area contributed by atoms with Gasteiger partial charge in [0.2, 0.25) is 0 Å². The van der Waals surface area contributed by atoms with Crippen molar-refractivity contribution in [2.24, 2.45) is 5.73 Å². The molecule has 0 aromatic heterocycles. The molecule has 2 N–H and O–H groups in total. The number of hydrogen-bond acceptors (Lipinski definition) is 5. The van der Waals surface area contributed by atoms with E-state index in [1.54, 1.807) is 15.9 Å². The van der Waals surface area contributed by atoms with Crippen LogP contribution in [0.4, 0.5) is 0 Å². The van der Waals surface area contributed by atoms with Crippen LogP contribution in [0.3, 0.4) is 0 Å². The average molecular weight is 398 g/mol. The minimum absolute atomic E-state index is 0. The molecule has 0 bridgehead atoms. The third kappa shape index (κ3) is 4.91. The van der Waals surface area contributed by atoms with Crippen LogP contribution in [0.2, 0.25) is 0 Å². The van der Waals surface area contributed by atoms with Gasteiger partial charge in [0.15, 0.2) is 0 Å². The van der Waals surface area contributed by atoms with E-state index < -0.39 is 0 Å². The normalized spacial score (nSPS) is 22.3. The molecule has 0 radical (unpaired) electrons. The summed E-state index contributed by atoms with van der Waals surface area (Å²) in [6.45, 7) is 4.92. The molecule has 2 heterocycles. The van der Waals surface area contributed by atoms with Gasteiger partial charge in [-0.2, -0.15) is 0 Å². The lowest BCUT2D eigenvalue weighted by Gasteiger charge is -2.36. The quantitative estimate of drug-likeness (QED) is 0.809. The molecule has 1 aromatic rings. The average Bonchev–Trinajstić information content (AvgIpc) is 3.17. The summed E-state index contributed by atoms with van der Waals surface area (Å²) in [5.41, 5.74) is 6.18. The maximum atomic E-state index is 12.8. The molecule has 0 aliphatic carbocycles. The number of nitrogens with two attached hydrogens (primary N) is 1. The van der Waals surface area contributed by atoms with Gasteiger partial charge in [0, 0.05) is 32.7 Å². The summed E-state index contributed by atoms with van der Waals surface area (Å²) in [4.78, 5) is 29.0. The first-order valence-corrected chi connectivity index (χ1v) is 9.29. The lowest BCUT2D eigenvalue weighted by Crippen LogP contribution is -2.53. The smallest absolute Gasteiger partial charge is 0.257 e. The van der Waals surface area contributed by atoms with Gasteiger partial charge >= 0.3 is 0 Å². The van der Waals surface area contributed by atoms with E-state index in [1.807, 2.05) is 25.1 Å². The SMILES string of the molecule is CCOc1ccccc1C(=O)N1CCN(C(=O)[C@@H]2CC[C@H](CN)O2)CC1.Cl. The molecule has 2 aliphatic heterocycles. The molecule has 2 aliphatic rings. The van der Waals surface area contributed by atoms with Gasteiger partial charge in [-0.15, -0.1) is 12.4 Å². The molecule has 1 aromatic carbocycles. The summed E-state index contributed by atoms with van der Waals surface area (Å²) in [7, 11) is 0. The van der Waals surface area contributed by atoms with Crippen molar-refractivity contribution < 1.29 is 19.1 Å². The van der Waals surface area contributed by atoms with Gasteiger partial charge in [-0.05, 0) is 31.9 Å². The van der Waals surface area contributed by atoms with E-state index in [4.69, 9.17) is 15.2 Å². The van der Waals surface area contributed by atoms with E-state index in [9.17, 15) is 9.59 Å². The fourth-order valence-corrected chi connectivity index (χ4v) is 3.49. The molecule has 2 atom stereocenters. The number of hydrogen-bond donors (Lipinski definition) is 1. The van der Waals surface area contributed by atoms with Crippen LogP contribution < -0.4 is 10.5 Å². The van der Waals surface area contributed by atoms with Crippen molar-refractivity contribution in [2.45, 2.75) is 32.0 Å². The van der Waals surface area contributed by atoms with Crippen LogP contribution in [0, 0.1) is 0 Å². The van der Waals surface area contributed by atoms with Gasteiger partial charge < -0.3 is 25.0 Å². The van der Waals surface area contributed by atoms with E-state index in [1.165, 1.54) is 0 Å². The number of halogens is 1. The molecular weight excluding hydrogens is 370 g/mol. The molecule has 7 nitrogen and oxygen atoms in total. The number of para-hydroxylation sites is 1. The number of rotatable bonds is 5. The summed E-state index contributed by atoms with van der Waals surface area (Å²) in [5, 5.41) is 0. The minimum atomic E-state index is -0.385. The second kappa shape index (κ2) is 9.92. The molecule has 0 spiro atoms. The molecule has 2 amide bonds. The van der Waals surface area contributed by atoms with Gasteiger partial charge in [0.1, 0.15) is 11.9 Å². The molecular formula is C19H28ClN3O4. The third-order valence-electron chi connectivity index (χ3n) is 4.94. The van der Waals surface area contributed by atoms with E-state index in [2.05, 4.69) is 0 Å². The molecule has 0 unspecified atom stereocenters. The number of piperazine rings is 1. The highest BCUT2D eigenvalue weighted by atomic mass is 35.5. The summed E-state index contributed by atoms with van der Waals surface area (Å²) >= 11 is 0. The van der Waals surface area contributed by atoms with Crippen LogP contribution in [0.1, 0.15) is 30.1 Å². The number of nitrogens with zero attached hydrogens (tertiary/aromatic N) is 2. The predicted octanol–water partition coefficient (Wildman–Crippen LogP) is 1.30. The first-order chi connectivity index (χ1) is 12.6. The van der Waals surface area contributed by atoms with Crippen molar-refractivity contribution >= 4 is 24.2 Å². The van der Waals surface area contributed by atoms with Gasteiger partial charge in [-0.1, -0.05) is 12.1 Å². The topological polar surface area (TPSA) is 85.1 Å². The van der Waals surface area contributed by atoms with Crippen molar-refractivity contribution in [3.8, 4) is 5.75 Å². The number of benzene rings is 1. The zero-order valence-electron chi connectivity index (χ0n) is 15.6. The molecule has 2 saturated heterocycles. The zero-order valence-corrected chi connectivity index (χ0v) is 16.5. The monoisotopic (exact) mass is 397 g/mol. The first kappa shape index (κ1) is 21.5. The van der Waals surface area contributed by atoms with E-state index >= 15 is 0 Å². The minimum Gasteiger partial charge on any atom is -0.493 e. The van der Waals surface area contributed by atoms with Crippen molar-refractivity contribution in [1.82, 2.24) is 9.80 Å². The van der Waals surface area contributed by atoms with Crippen molar-refractivity contribution in [3.63, 3.8) is 0 Å². The van der Waals surface area contributed by atoms with Gasteiger partial charge in [0.25, 0.3) is 11.8 Å². The predicted molar refractivity (Wildman–Crippen MR) is 104 cm³/mol. The Bertz CT molecular complexity index is 650. The number of carbonyl (C=O) groups excluding carboxylic acids is 2. The Hall–Kier alpha value is -1.83. The number of amides is 2. The lowest BCUT2D eigenvalue weighted by atomic mass is 10.1. The Morgan fingerprint density at radius 3 is 2.44 bits per heavy atom. The summed E-state index contributed by atoms with van der Waals surface area (Å²) in [6, 6.07) is 7.28.